The first-order valence-corrected chi connectivity index (χ1v) is 5.44. The second-order valence-corrected chi connectivity index (χ2v) is 3.71. The van der Waals surface area contributed by atoms with Gasteiger partial charge in [0.2, 0.25) is 0 Å². The Morgan fingerprint density at radius 1 is 1.59 bits per heavy atom. The summed E-state index contributed by atoms with van der Waals surface area (Å²) in [5, 5.41) is 16.2. The standard InChI is InChI=1S/C10H12FN3O2S/c1-2-5-12-10(17)13-9-6-7(14(15)16)3-4-8(9)11/h3-4,6H,2,5H2,1H3,(H2,12,13,17). The maximum atomic E-state index is 13.3. The van der Waals surface area contributed by atoms with E-state index in [2.05, 4.69) is 10.6 Å². The van der Waals surface area contributed by atoms with Crippen LogP contribution in [0.2, 0.25) is 0 Å². The van der Waals surface area contributed by atoms with Gasteiger partial charge in [0.15, 0.2) is 5.11 Å². The van der Waals surface area contributed by atoms with Crippen LogP contribution in [0.25, 0.3) is 0 Å². The third-order valence-corrected chi connectivity index (χ3v) is 2.19. The van der Waals surface area contributed by atoms with E-state index >= 15 is 0 Å². The molecule has 0 unspecified atom stereocenters. The first-order chi connectivity index (χ1) is 8.04. The van der Waals surface area contributed by atoms with Crippen molar-refractivity contribution in [1.82, 2.24) is 5.32 Å². The molecule has 17 heavy (non-hydrogen) atoms. The number of non-ortho nitro benzene ring substituents is 1. The molecule has 5 nitrogen and oxygen atoms in total. The van der Waals surface area contributed by atoms with Crippen LogP contribution in [0.4, 0.5) is 15.8 Å². The number of rotatable bonds is 4. The number of thiocarbonyl (C=S) groups is 1. The minimum atomic E-state index is -0.590. The fraction of sp³-hybridized carbons (Fsp3) is 0.300. The highest BCUT2D eigenvalue weighted by molar-refractivity contribution is 7.80. The van der Waals surface area contributed by atoms with Gasteiger partial charge in [-0.15, -0.1) is 0 Å². The van der Waals surface area contributed by atoms with Gasteiger partial charge in [0.1, 0.15) is 5.82 Å². The van der Waals surface area contributed by atoms with Crippen LogP contribution < -0.4 is 10.6 Å². The lowest BCUT2D eigenvalue weighted by Gasteiger charge is -2.10. The summed E-state index contributed by atoms with van der Waals surface area (Å²) in [5.41, 5.74) is -0.194. The normalized spacial score (nSPS) is 9.76. The van der Waals surface area contributed by atoms with Crippen molar-refractivity contribution in [3.63, 3.8) is 0 Å². The van der Waals surface area contributed by atoms with Gasteiger partial charge >= 0.3 is 0 Å². The highest BCUT2D eigenvalue weighted by Gasteiger charge is 2.11. The van der Waals surface area contributed by atoms with Gasteiger partial charge < -0.3 is 10.6 Å². The lowest BCUT2D eigenvalue weighted by atomic mass is 10.2. The Morgan fingerprint density at radius 3 is 2.88 bits per heavy atom. The van der Waals surface area contributed by atoms with Crippen molar-refractivity contribution in [2.75, 3.05) is 11.9 Å². The molecule has 0 bridgehead atoms. The smallest absolute Gasteiger partial charge is 0.271 e. The van der Waals surface area contributed by atoms with Crippen LogP contribution in [0, 0.1) is 15.9 Å². The summed E-state index contributed by atoms with van der Waals surface area (Å²) >= 11 is 4.91. The van der Waals surface area contributed by atoms with Gasteiger partial charge in [-0.1, -0.05) is 6.92 Å². The Bertz CT molecular complexity index is 440. The van der Waals surface area contributed by atoms with Crippen molar-refractivity contribution in [2.45, 2.75) is 13.3 Å². The Morgan fingerprint density at radius 2 is 2.29 bits per heavy atom. The van der Waals surface area contributed by atoms with Crippen LogP contribution in [-0.4, -0.2) is 16.6 Å². The first kappa shape index (κ1) is 13.3. The topological polar surface area (TPSA) is 67.2 Å². The zero-order valence-electron chi connectivity index (χ0n) is 9.20. The van der Waals surface area contributed by atoms with E-state index in [0.29, 0.717) is 6.54 Å². The molecule has 0 aliphatic carbocycles. The molecule has 1 rings (SSSR count). The van der Waals surface area contributed by atoms with Gasteiger partial charge in [-0.2, -0.15) is 0 Å². The minimum Gasteiger partial charge on any atom is -0.362 e. The van der Waals surface area contributed by atoms with Crippen LogP contribution in [0.5, 0.6) is 0 Å². The number of nitro benzene ring substituents is 1. The lowest BCUT2D eigenvalue weighted by molar-refractivity contribution is -0.384. The first-order valence-electron chi connectivity index (χ1n) is 5.03. The summed E-state index contributed by atoms with van der Waals surface area (Å²) in [5.74, 6) is -0.587. The van der Waals surface area contributed by atoms with Crippen molar-refractivity contribution in [1.29, 1.82) is 0 Å². The van der Waals surface area contributed by atoms with Gasteiger partial charge in [0, 0.05) is 18.7 Å². The van der Waals surface area contributed by atoms with E-state index in [1.165, 1.54) is 0 Å². The zero-order chi connectivity index (χ0) is 12.8. The van der Waals surface area contributed by atoms with Crippen molar-refractivity contribution in [3.8, 4) is 0 Å². The summed E-state index contributed by atoms with van der Waals surface area (Å²) in [6, 6.07) is 3.24. The monoisotopic (exact) mass is 257 g/mol. The van der Waals surface area contributed by atoms with Crippen molar-refractivity contribution < 1.29 is 9.31 Å². The molecule has 0 radical (unpaired) electrons. The fourth-order valence-corrected chi connectivity index (χ4v) is 1.34. The summed E-state index contributed by atoms with van der Waals surface area (Å²) in [6.07, 6.45) is 0.874. The number of benzene rings is 1. The molecule has 0 fully saturated rings. The Balaban J connectivity index is 2.79. The average Bonchev–Trinajstić information content (AvgIpc) is 2.29. The molecule has 0 heterocycles. The van der Waals surface area contributed by atoms with Gasteiger partial charge in [-0.25, -0.2) is 4.39 Å². The van der Waals surface area contributed by atoms with Gasteiger partial charge in [0.05, 0.1) is 10.6 Å². The molecule has 0 aliphatic rings. The molecule has 1 aromatic carbocycles. The molecular weight excluding hydrogens is 245 g/mol. The summed E-state index contributed by atoms with van der Waals surface area (Å²) in [6.45, 7) is 2.62. The predicted molar refractivity (Wildman–Crippen MR) is 67.6 cm³/mol. The molecule has 0 amide bonds. The largest absolute Gasteiger partial charge is 0.362 e. The SMILES string of the molecule is CCCNC(=S)Nc1cc([N+](=O)[O-])ccc1F. The molecule has 0 saturated carbocycles. The van der Waals surface area contributed by atoms with E-state index in [0.717, 1.165) is 24.6 Å². The molecule has 0 spiro atoms. The molecule has 0 aromatic heterocycles. The van der Waals surface area contributed by atoms with Crippen molar-refractivity contribution in [2.24, 2.45) is 0 Å². The second kappa shape index (κ2) is 6.09. The van der Waals surface area contributed by atoms with Crippen LogP contribution in [0.3, 0.4) is 0 Å². The fourth-order valence-electron chi connectivity index (χ4n) is 1.13. The number of anilines is 1. The second-order valence-electron chi connectivity index (χ2n) is 3.30. The highest BCUT2D eigenvalue weighted by Crippen LogP contribution is 2.20. The van der Waals surface area contributed by atoms with Crippen LogP contribution >= 0.6 is 12.2 Å². The molecule has 7 heteroatoms. The summed E-state index contributed by atoms with van der Waals surface area (Å²) in [7, 11) is 0. The molecule has 0 aliphatic heterocycles. The molecule has 0 saturated heterocycles. The third kappa shape index (κ3) is 3.95. The van der Waals surface area contributed by atoms with Crippen LogP contribution in [0.1, 0.15) is 13.3 Å². The molecule has 0 atom stereocenters. The molecule has 1 aromatic rings. The van der Waals surface area contributed by atoms with Crippen molar-refractivity contribution in [3.05, 3.63) is 34.1 Å². The number of nitrogens with one attached hydrogen (secondary N) is 2. The van der Waals surface area contributed by atoms with Gasteiger partial charge in [-0.05, 0) is 24.7 Å². The summed E-state index contributed by atoms with van der Waals surface area (Å²) < 4.78 is 13.3. The zero-order valence-corrected chi connectivity index (χ0v) is 10.0. The minimum absolute atomic E-state index is 0.00666. The van der Waals surface area contributed by atoms with E-state index in [9.17, 15) is 14.5 Å². The van der Waals surface area contributed by atoms with Gasteiger partial charge in [0.25, 0.3) is 5.69 Å². The lowest BCUT2D eigenvalue weighted by Crippen LogP contribution is -2.29. The van der Waals surface area contributed by atoms with Crippen LogP contribution in [-0.2, 0) is 0 Å². The van der Waals surface area contributed by atoms with E-state index < -0.39 is 10.7 Å². The maximum Gasteiger partial charge on any atom is 0.271 e. The molecular formula is C10H12FN3O2S. The number of nitro groups is 1. The average molecular weight is 257 g/mol. The number of nitrogens with zero attached hydrogens (tertiary/aromatic N) is 1. The van der Waals surface area contributed by atoms with Gasteiger partial charge in [-0.3, -0.25) is 10.1 Å². The van der Waals surface area contributed by atoms with Crippen LogP contribution in [0.15, 0.2) is 18.2 Å². The van der Waals surface area contributed by atoms with E-state index in [1.807, 2.05) is 6.92 Å². The Kier molecular flexibility index (Phi) is 4.77. The van der Waals surface area contributed by atoms with Crippen molar-refractivity contribution >= 4 is 28.7 Å². The van der Waals surface area contributed by atoms with E-state index in [-0.39, 0.29) is 16.5 Å². The summed E-state index contributed by atoms with van der Waals surface area (Å²) in [4.78, 5) is 9.94. The predicted octanol–water partition coefficient (Wildman–Crippen LogP) is 2.43. The Labute approximate surface area is 103 Å². The highest BCUT2D eigenvalue weighted by atomic mass is 32.1. The number of halogens is 1. The van der Waals surface area contributed by atoms with E-state index in [1.54, 1.807) is 0 Å². The molecule has 92 valence electrons. The third-order valence-electron chi connectivity index (χ3n) is 1.94. The maximum absolute atomic E-state index is 13.3. The number of hydrogen-bond acceptors (Lipinski definition) is 3. The quantitative estimate of drug-likeness (QED) is 0.492. The van der Waals surface area contributed by atoms with E-state index in [4.69, 9.17) is 12.2 Å². The Hall–Kier alpha value is -1.76. The number of hydrogen-bond donors (Lipinski definition) is 2. The molecule has 2 N–H and O–H groups in total.